The molecule has 1 aromatic heterocycles. The summed E-state index contributed by atoms with van der Waals surface area (Å²) >= 11 is 0. The third-order valence-electron chi connectivity index (χ3n) is 3.14. The Morgan fingerprint density at radius 1 is 1.29 bits per heavy atom. The number of hydrogen-bond donors (Lipinski definition) is 2. The number of aromatic nitrogens is 2. The van der Waals surface area contributed by atoms with Gasteiger partial charge in [0.05, 0.1) is 18.0 Å². The standard InChI is InChI=1S/C13H15N3O/c17-9-11-12-8-14-6-7-16(12)13(15-11)10-4-2-1-3-5-10/h1-5,14,17H,6-9H2. The van der Waals surface area contributed by atoms with Crippen LogP contribution < -0.4 is 5.32 Å². The third kappa shape index (κ3) is 1.75. The molecule has 2 heterocycles. The second kappa shape index (κ2) is 4.31. The van der Waals surface area contributed by atoms with Crippen LogP contribution in [0.1, 0.15) is 11.4 Å². The van der Waals surface area contributed by atoms with Crippen molar-refractivity contribution in [1.29, 1.82) is 0 Å². The van der Waals surface area contributed by atoms with Crippen molar-refractivity contribution in [2.75, 3.05) is 6.54 Å². The SMILES string of the molecule is OCc1nc(-c2ccccc2)n2c1CNCC2. The van der Waals surface area contributed by atoms with Gasteiger partial charge >= 0.3 is 0 Å². The van der Waals surface area contributed by atoms with Crippen LogP contribution in [0.4, 0.5) is 0 Å². The number of fused-ring (bicyclic) bond motifs is 1. The van der Waals surface area contributed by atoms with Crippen LogP contribution in [0.2, 0.25) is 0 Å². The molecular weight excluding hydrogens is 214 g/mol. The summed E-state index contributed by atoms with van der Waals surface area (Å²) in [6.07, 6.45) is 0. The molecular formula is C13H15N3O. The van der Waals surface area contributed by atoms with E-state index >= 15 is 0 Å². The highest BCUT2D eigenvalue weighted by Gasteiger charge is 2.19. The average molecular weight is 229 g/mol. The van der Waals surface area contributed by atoms with E-state index in [-0.39, 0.29) is 6.61 Å². The van der Waals surface area contributed by atoms with Crippen LogP contribution in [0.3, 0.4) is 0 Å². The molecule has 2 N–H and O–H groups in total. The van der Waals surface area contributed by atoms with E-state index in [1.54, 1.807) is 0 Å². The number of imidazole rings is 1. The Morgan fingerprint density at radius 3 is 2.88 bits per heavy atom. The Hall–Kier alpha value is -1.65. The van der Waals surface area contributed by atoms with Gasteiger partial charge in [0.2, 0.25) is 0 Å². The van der Waals surface area contributed by atoms with Crippen LogP contribution in [0.25, 0.3) is 11.4 Å². The zero-order valence-corrected chi connectivity index (χ0v) is 9.56. The van der Waals surface area contributed by atoms with Crippen molar-refractivity contribution in [3.8, 4) is 11.4 Å². The zero-order valence-electron chi connectivity index (χ0n) is 9.56. The maximum absolute atomic E-state index is 9.35. The van der Waals surface area contributed by atoms with Crippen LogP contribution in [0.5, 0.6) is 0 Å². The van der Waals surface area contributed by atoms with E-state index in [1.807, 2.05) is 18.2 Å². The first kappa shape index (κ1) is 10.5. The maximum Gasteiger partial charge on any atom is 0.140 e. The molecule has 1 aliphatic rings. The predicted octanol–water partition coefficient (Wildman–Crippen LogP) is 1.15. The molecule has 17 heavy (non-hydrogen) atoms. The summed E-state index contributed by atoms with van der Waals surface area (Å²) < 4.78 is 2.21. The number of rotatable bonds is 2. The van der Waals surface area contributed by atoms with Crippen molar-refractivity contribution in [2.24, 2.45) is 0 Å². The topological polar surface area (TPSA) is 50.1 Å². The van der Waals surface area contributed by atoms with Crippen molar-refractivity contribution in [2.45, 2.75) is 19.7 Å². The molecule has 0 fully saturated rings. The van der Waals surface area contributed by atoms with E-state index in [4.69, 9.17) is 0 Å². The molecule has 88 valence electrons. The van der Waals surface area contributed by atoms with Gasteiger partial charge in [0.15, 0.2) is 0 Å². The van der Waals surface area contributed by atoms with E-state index in [0.717, 1.165) is 42.4 Å². The van der Waals surface area contributed by atoms with Gasteiger partial charge in [-0.1, -0.05) is 30.3 Å². The van der Waals surface area contributed by atoms with Gasteiger partial charge in [-0.3, -0.25) is 0 Å². The first-order chi connectivity index (χ1) is 8.40. The lowest BCUT2D eigenvalue weighted by Gasteiger charge is -2.18. The smallest absolute Gasteiger partial charge is 0.140 e. The summed E-state index contributed by atoms with van der Waals surface area (Å²) in [7, 11) is 0. The molecule has 1 aromatic carbocycles. The lowest BCUT2D eigenvalue weighted by molar-refractivity contribution is 0.275. The van der Waals surface area contributed by atoms with Gasteiger partial charge in [0.25, 0.3) is 0 Å². The van der Waals surface area contributed by atoms with Crippen molar-refractivity contribution in [3.05, 3.63) is 41.7 Å². The lowest BCUT2D eigenvalue weighted by Crippen LogP contribution is -2.28. The fraction of sp³-hybridized carbons (Fsp3) is 0.308. The fourth-order valence-electron chi connectivity index (χ4n) is 2.31. The highest BCUT2D eigenvalue weighted by molar-refractivity contribution is 5.57. The third-order valence-corrected chi connectivity index (χ3v) is 3.14. The molecule has 0 spiro atoms. The summed E-state index contributed by atoms with van der Waals surface area (Å²) in [6.45, 7) is 2.65. The molecule has 0 amide bonds. The van der Waals surface area contributed by atoms with Gasteiger partial charge in [0.1, 0.15) is 5.82 Å². The molecule has 0 aliphatic carbocycles. The quantitative estimate of drug-likeness (QED) is 0.812. The molecule has 1 aliphatic heterocycles. The molecule has 0 atom stereocenters. The normalized spacial score (nSPS) is 14.6. The summed E-state index contributed by atoms with van der Waals surface area (Å²) in [5, 5.41) is 12.7. The second-order valence-corrected chi connectivity index (χ2v) is 4.18. The van der Waals surface area contributed by atoms with Crippen molar-refractivity contribution in [1.82, 2.24) is 14.9 Å². The number of aliphatic hydroxyl groups excluding tert-OH is 1. The van der Waals surface area contributed by atoms with Crippen LogP contribution in [0, 0.1) is 0 Å². The number of benzene rings is 1. The molecule has 0 bridgehead atoms. The van der Waals surface area contributed by atoms with Gasteiger partial charge in [-0.15, -0.1) is 0 Å². The molecule has 0 saturated heterocycles. The zero-order chi connectivity index (χ0) is 11.7. The Balaban J connectivity index is 2.14. The minimum absolute atomic E-state index is 0.00382. The number of aliphatic hydroxyl groups is 1. The molecule has 2 aromatic rings. The molecule has 3 rings (SSSR count). The molecule has 4 nitrogen and oxygen atoms in total. The monoisotopic (exact) mass is 229 g/mol. The van der Waals surface area contributed by atoms with Crippen LogP contribution in [-0.2, 0) is 19.7 Å². The molecule has 0 radical (unpaired) electrons. The minimum atomic E-state index is 0.00382. The maximum atomic E-state index is 9.35. The Bertz CT molecular complexity index is 519. The van der Waals surface area contributed by atoms with E-state index in [2.05, 4.69) is 27.0 Å². The first-order valence-corrected chi connectivity index (χ1v) is 5.85. The highest BCUT2D eigenvalue weighted by Crippen LogP contribution is 2.23. The van der Waals surface area contributed by atoms with Gasteiger partial charge in [-0.25, -0.2) is 4.98 Å². The van der Waals surface area contributed by atoms with Gasteiger partial charge < -0.3 is 15.0 Å². The van der Waals surface area contributed by atoms with Crippen molar-refractivity contribution >= 4 is 0 Å². The van der Waals surface area contributed by atoms with Crippen LogP contribution in [0.15, 0.2) is 30.3 Å². The van der Waals surface area contributed by atoms with E-state index in [0.29, 0.717) is 0 Å². The summed E-state index contributed by atoms with van der Waals surface area (Å²) in [5.41, 5.74) is 3.00. The number of hydrogen-bond acceptors (Lipinski definition) is 3. The Kier molecular flexibility index (Phi) is 2.66. The van der Waals surface area contributed by atoms with E-state index in [1.165, 1.54) is 0 Å². The van der Waals surface area contributed by atoms with Crippen molar-refractivity contribution in [3.63, 3.8) is 0 Å². The summed E-state index contributed by atoms with van der Waals surface area (Å²) in [4.78, 5) is 4.55. The average Bonchev–Trinajstić information content (AvgIpc) is 2.78. The predicted molar refractivity (Wildman–Crippen MR) is 65.3 cm³/mol. The van der Waals surface area contributed by atoms with E-state index < -0.39 is 0 Å². The Morgan fingerprint density at radius 2 is 2.12 bits per heavy atom. The second-order valence-electron chi connectivity index (χ2n) is 4.18. The fourth-order valence-corrected chi connectivity index (χ4v) is 2.31. The van der Waals surface area contributed by atoms with E-state index in [9.17, 15) is 5.11 Å². The number of nitrogens with zero attached hydrogens (tertiary/aromatic N) is 2. The van der Waals surface area contributed by atoms with Gasteiger partial charge in [-0.2, -0.15) is 0 Å². The van der Waals surface area contributed by atoms with Crippen molar-refractivity contribution < 1.29 is 5.11 Å². The van der Waals surface area contributed by atoms with Crippen LogP contribution in [-0.4, -0.2) is 21.2 Å². The molecule has 0 unspecified atom stereocenters. The highest BCUT2D eigenvalue weighted by atomic mass is 16.3. The minimum Gasteiger partial charge on any atom is -0.390 e. The molecule has 4 heteroatoms. The van der Waals surface area contributed by atoms with Crippen LogP contribution >= 0.6 is 0 Å². The van der Waals surface area contributed by atoms with Gasteiger partial charge in [-0.05, 0) is 0 Å². The summed E-state index contributed by atoms with van der Waals surface area (Å²) in [6, 6.07) is 10.1. The first-order valence-electron chi connectivity index (χ1n) is 5.85. The lowest BCUT2D eigenvalue weighted by atomic mass is 10.2. The largest absolute Gasteiger partial charge is 0.390 e. The Labute approximate surface area is 99.9 Å². The summed E-state index contributed by atoms with van der Waals surface area (Å²) in [5.74, 6) is 0.964. The van der Waals surface area contributed by atoms with Gasteiger partial charge in [0, 0.05) is 25.2 Å². The molecule has 0 saturated carbocycles. The number of nitrogens with one attached hydrogen (secondary N) is 1.